The van der Waals surface area contributed by atoms with E-state index < -0.39 is 29.3 Å². The minimum atomic E-state index is -6.06. The van der Waals surface area contributed by atoms with Gasteiger partial charge in [0, 0.05) is 18.7 Å². The molecule has 0 aromatic carbocycles. The number of ketones is 1. The lowest BCUT2D eigenvalue weighted by atomic mass is 9.78. The molecular weight excluding hydrogens is 340 g/mol. The van der Waals surface area contributed by atoms with Crippen LogP contribution in [0, 0.1) is 0 Å². The molecule has 132 valence electrons. The minimum absolute atomic E-state index is 0.141. The Morgan fingerprint density at radius 1 is 1.04 bits per heavy atom. The van der Waals surface area contributed by atoms with Gasteiger partial charge in [0.05, 0.1) is 11.3 Å². The molecule has 0 saturated heterocycles. The van der Waals surface area contributed by atoms with Crippen molar-refractivity contribution in [3.8, 4) is 0 Å². The van der Waals surface area contributed by atoms with Gasteiger partial charge in [0.2, 0.25) is 0 Å². The number of halogens is 6. The molecule has 0 unspecified atom stereocenters. The van der Waals surface area contributed by atoms with Crippen LogP contribution in [-0.2, 0) is 4.79 Å². The monoisotopic (exact) mass is 353 g/mol. The van der Waals surface area contributed by atoms with Crippen molar-refractivity contribution < 1.29 is 36.2 Å². The van der Waals surface area contributed by atoms with E-state index in [-0.39, 0.29) is 17.6 Å². The van der Waals surface area contributed by atoms with Crippen molar-refractivity contribution in [2.45, 2.75) is 37.7 Å². The first-order chi connectivity index (χ1) is 10.9. The lowest BCUT2D eigenvalue weighted by Gasteiger charge is -2.38. The Balaban J connectivity index is 2.26. The average Bonchev–Trinajstić information content (AvgIpc) is 2.84. The van der Waals surface area contributed by atoms with Crippen LogP contribution in [0.4, 0.5) is 26.3 Å². The molecule has 0 spiro atoms. The molecule has 2 aliphatic heterocycles. The van der Waals surface area contributed by atoms with Gasteiger partial charge in [-0.15, -0.1) is 0 Å². The predicted octanol–water partition coefficient (Wildman–Crippen LogP) is 3.03. The van der Waals surface area contributed by atoms with Gasteiger partial charge in [0.25, 0.3) is 5.60 Å². The van der Waals surface area contributed by atoms with Crippen LogP contribution < -0.4 is 0 Å². The number of nitrogens with zero attached hydrogens (tertiary/aromatic N) is 1. The van der Waals surface area contributed by atoms with Gasteiger partial charge in [-0.1, -0.05) is 5.57 Å². The minimum Gasteiger partial charge on any atom is -0.370 e. The zero-order valence-corrected chi connectivity index (χ0v) is 12.5. The quantitative estimate of drug-likeness (QED) is 0.737. The van der Waals surface area contributed by atoms with Crippen LogP contribution in [0.1, 0.15) is 19.8 Å². The van der Waals surface area contributed by atoms with E-state index in [1.807, 2.05) is 0 Å². The molecule has 24 heavy (non-hydrogen) atoms. The number of rotatable bonds is 1. The van der Waals surface area contributed by atoms with Gasteiger partial charge in [0.1, 0.15) is 0 Å². The van der Waals surface area contributed by atoms with Gasteiger partial charge >= 0.3 is 12.4 Å². The van der Waals surface area contributed by atoms with Crippen molar-refractivity contribution in [2.75, 3.05) is 13.1 Å². The van der Waals surface area contributed by atoms with Gasteiger partial charge in [-0.05, 0) is 31.4 Å². The summed E-state index contributed by atoms with van der Waals surface area (Å²) >= 11 is 0. The number of aliphatic hydroxyl groups is 1. The van der Waals surface area contributed by atoms with Crippen LogP contribution in [0.3, 0.4) is 0 Å². The fourth-order valence-electron chi connectivity index (χ4n) is 3.41. The maximum atomic E-state index is 13.1. The molecule has 0 radical (unpaired) electrons. The molecule has 2 heterocycles. The van der Waals surface area contributed by atoms with Crippen LogP contribution in [0.2, 0.25) is 0 Å². The highest BCUT2D eigenvalue weighted by atomic mass is 19.4. The summed E-state index contributed by atoms with van der Waals surface area (Å²) in [5.74, 6) is -1.41. The van der Waals surface area contributed by atoms with E-state index in [0.29, 0.717) is 36.9 Å². The molecule has 0 atom stereocenters. The van der Waals surface area contributed by atoms with Crippen LogP contribution in [0.15, 0.2) is 34.1 Å². The number of hydrogen-bond donors (Lipinski definition) is 1. The second kappa shape index (κ2) is 4.87. The van der Waals surface area contributed by atoms with Gasteiger partial charge in [-0.3, -0.25) is 4.79 Å². The second-order valence-electron chi connectivity index (χ2n) is 6.11. The van der Waals surface area contributed by atoms with E-state index in [1.165, 1.54) is 6.92 Å². The maximum Gasteiger partial charge on any atom is 0.430 e. The van der Waals surface area contributed by atoms with Crippen LogP contribution in [0.25, 0.3) is 0 Å². The van der Waals surface area contributed by atoms with E-state index in [9.17, 15) is 36.2 Å². The molecule has 3 nitrogen and oxygen atoms in total. The summed E-state index contributed by atoms with van der Waals surface area (Å²) in [5, 5.41) is 9.59. The van der Waals surface area contributed by atoms with E-state index >= 15 is 0 Å². The van der Waals surface area contributed by atoms with Crippen molar-refractivity contribution in [3.63, 3.8) is 0 Å². The number of allylic oxidation sites excluding steroid dienone is 2. The van der Waals surface area contributed by atoms with Crippen molar-refractivity contribution >= 4 is 5.78 Å². The lowest BCUT2D eigenvalue weighted by Crippen LogP contribution is -2.60. The molecule has 9 heteroatoms. The molecule has 0 aromatic heterocycles. The van der Waals surface area contributed by atoms with Crippen molar-refractivity contribution in [1.29, 1.82) is 0 Å². The molecule has 1 aliphatic carbocycles. The molecule has 0 amide bonds. The SMILES string of the molecule is CC1=C2C(=O)C(C(O)(C(F)(F)F)C(F)(F)F)=CC3=C2N(CC1)CC3. The van der Waals surface area contributed by atoms with Crippen molar-refractivity contribution in [1.82, 2.24) is 4.90 Å². The third kappa shape index (κ3) is 2.06. The van der Waals surface area contributed by atoms with Gasteiger partial charge in [-0.2, -0.15) is 26.3 Å². The van der Waals surface area contributed by atoms with E-state index in [4.69, 9.17) is 0 Å². The third-order valence-electron chi connectivity index (χ3n) is 4.69. The Hall–Kier alpha value is -1.77. The Morgan fingerprint density at radius 2 is 1.58 bits per heavy atom. The fraction of sp³-hybridized carbons (Fsp3) is 0.533. The van der Waals surface area contributed by atoms with Crippen molar-refractivity contribution in [2.24, 2.45) is 0 Å². The third-order valence-corrected chi connectivity index (χ3v) is 4.69. The summed E-state index contributed by atoms with van der Waals surface area (Å²) in [4.78, 5) is 14.3. The standard InChI is InChI=1S/C15H13F6NO2/c1-7-2-4-22-5-3-8-6-9(12(23)10(7)11(8)22)13(24,14(16,17)18)15(19,20)21/h6,24H,2-5H2,1H3. The highest BCUT2D eigenvalue weighted by Crippen LogP contribution is 2.52. The number of alkyl halides is 6. The zero-order valence-electron chi connectivity index (χ0n) is 12.5. The number of carbonyl (C=O) groups excluding carboxylic acids is 1. The lowest BCUT2D eigenvalue weighted by molar-refractivity contribution is -0.351. The average molecular weight is 353 g/mol. The van der Waals surface area contributed by atoms with Gasteiger partial charge in [0.15, 0.2) is 5.78 Å². The summed E-state index contributed by atoms with van der Waals surface area (Å²) in [6.45, 7) is 2.50. The van der Waals surface area contributed by atoms with Crippen LogP contribution in [0.5, 0.6) is 0 Å². The molecule has 0 saturated carbocycles. The highest BCUT2D eigenvalue weighted by molar-refractivity contribution is 6.15. The largest absolute Gasteiger partial charge is 0.430 e. The summed E-state index contributed by atoms with van der Waals surface area (Å²) in [5.41, 5.74) is -5.93. The smallest absolute Gasteiger partial charge is 0.370 e. The second-order valence-corrected chi connectivity index (χ2v) is 6.11. The molecular formula is C15H13F6NO2. The van der Waals surface area contributed by atoms with Gasteiger partial charge < -0.3 is 10.0 Å². The maximum absolute atomic E-state index is 13.1. The fourth-order valence-corrected chi connectivity index (χ4v) is 3.41. The molecule has 0 aromatic rings. The first-order valence-corrected chi connectivity index (χ1v) is 7.20. The molecule has 3 rings (SSSR count). The normalized spacial score (nSPS) is 22.2. The van der Waals surface area contributed by atoms with Crippen molar-refractivity contribution in [3.05, 3.63) is 34.1 Å². The predicted molar refractivity (Wildman–Crippen MR) is 70.7 cm³/mol. The number of carbonyl (C=O) groups is 1. The van der Waals surface area contributed by atoms with E-state index in [2.05, 4.69) is 0 Å². The summed E-state index contributed by atoms with van der Waals surface area (Å²) < 4.78 is 78.7. The zero-order chi connectivity index (χ0) is 18.1. The molecule has 3 aliphatic rings. The van der Waals surface area contributed by atoms with Crippen LogP contribution >= 0.6 is 0 Å². The van der Waals surface area contributed by atoms with Gasteiger partial charge in [-0.25, -0.2) is 0 Å². The number of hydrogen-bond acceptors (Lipinski definition) is 3. The van der Waals surface area contributed by atoms with E-state index in [1.54, 1.807) is 4.90 Å². The Labute approximate surface area is 132 Å². The number of Topliss-reactive ketones (excluding diaryl/α,β-unsaturated/α-hetero) is 1. The van der Waals surface area contributed by atoms with Crippen LogP contribution in [-0.4, -0.2) is 46.8 Å². The first kappa shape index (κ1) is 17.1. The summed E-state index contributed by atoms with van der Waals surface area (Å²) in [6, 6.07) is 0. The summed E-state index contributed by atoms with van der Waals surface area (Å²) in [7, 11) is 0. The molecule has 0 fully saturated rings. The topological polar surface area (TPSA) is 40.5 Å². The highest BCUT2D eigenvalue weighted by Gasteiger charge is 2.74. The Bertz CT molecular complexity index is 696. The summed E-state index contributed by atoms with van der Waals surface area (Å²) in [6.07, 6.45) is -10.9. The molecule has 0 bridgehead atoms. The Kier molecular flexibility index (Phi) is 3.46. The first-order valence-electron chi connectivity index (χ1n) is 7.20. The van der Waals surface area contributed by atoms with E-state index in [0.717, 1.165) is 0 Å². The Morgan fingerprint density at radius 3 is 2.12 bits per heavy atom. The molecule has 1 N–H and O–H groups in total.